The molecule has 1 amide bonds. The van der Waals surface area contributed by atoms with Gasteiger partial charge in [-0.25, -0.2) is 4.98 Å². The Hall–Kier alpha value is -3.21. The number of pyridine rings is 2. The zero-order valence-electron chi connectivity index (χ0n) is 15.1. The maximum absolute atomic E-state index is 12.7. The van der Waals surface area contributed by atoms with Gasteiger partial charge in [0.15, 0.2) is 0 Å². The first-order chi connectivity index (χ1) is 12.4. The minimum atomic E-state index is -0.455. The SMILES string of the molecule is Cc1ccc(C)c(Cn2cccc(C(=O)Nc3cccc(C)n3)c2=O)c1. The van der Waals surface area contributed by atoms with Gasteiger partial charge >= 0.3 is 0 Å². The second-order valence-corrected chi connectivity index (χ2v) is 6.40. The largest absolute Gasteiger partial charge is 0.310 e. The molecular weight excluding hydrogens is 326 g/mol. The predicted molar refractivity (Wildman–Crippen MR) is 103 cm³/mol. The summed E-state index contributed by atoms with van der Waals surface area (Å²) in [6.07, 6.45) is 1.70. The van der Waals surface area contributed by atoms with Gasteiger partial charge in [0.05, 0.1) is 6.54 Å². The van der Waals surface area contributed by atoms with Gasteiger partial charge in [-0.1, -0.05) is 29.8 Å². The summed E-state index contributed by atoms with van der Waals surface area (Å²) in [6, 6.07) is 14.7. The number of amides is 1. The molecule has 0 saturated carbocycles. The van der Waals surface area contributed by atoms with E-state index >= 15 is 0 Å². The molecule has 0 aliphatic rings. The van der Waals surface area contributed by atoms with Crippen molar-refractivity contribution in [3.63, 3.8) is 0 Å². The molecule has 0 aliphatic heterocycles. The molecule has 2 aromatic heterocycles. The number of carbonyl (C=O) groups excluding carboxylic acids is 1. The van der Waals surface area contributed by atoms with Crippen molar-refractivity contribution in [3.05, 3.63) is 93.0 Å². The molecule has 3 rings (SSSR count). The van der Waals surface area contributed by atoms with Crippen molar-refractivity contribution in [1.29, 1.82) is 0 Å². The molecule has 1 aromatic carbocycles. The fraction of sp³-hybridized carbons (Fsp3) is 0.190. The summed E-state index contributed by atoms with van der Waals surface area (Å²) in [6.45, 7) is 6.30. The highest BCUT2D eigenvalue weighted by Crippen LogP contribution is 2.12. The van der Waals surface area contributed by atoms with Crippen LogP contribution in [0.5, 0.6) is 0 Å². The fourth-order valence-corrected chi connectivity index (χ4v) is 2.78. The molecule has 26 heavy (non-hydrogen) atoms. The summed E-state index contributed by atoms with van der Waals surface area (Å²) in [4.78, 5) is 29.5. The van der Waals surface area contributed by atoms with Crippen LogP contribution in [0.2, 0.25) is 0 Å². The van der Waals surface area contributed by atoms with E-state index in [2.05, 4.69) is 16.4 Å². The van der Waals surface area contributed by atoms with E-state index in [0.29, 0.717) is 12.4 Å². The molecule has 3 aromatic rings. The van der Waals surface area contributed by atoms with Crippen LogP contribution >= 0.6 is 0 Å². The average Bonchev–Trinajstić information content (AvgIpc) is 2.60. The first kappa shape index (κ1) is 17.6. The topological polar surface area (TPSA) is 64.0 Å². The van der Waals surface area contributed by atoms with E-state index in [9.17, 15) is 9.59 Å². The van der Waals surface area contributed by atoms with Crippen LogP contribution in [-0.2, 0) is 6.54 Å². The maximum Gasteiger partial charge on any atom is 0.263 e. The molecule has 5 heteroatoms. The number of nitrogens with zero attached hydrogens (tertiary/aromatic N) is 2. The van der Waals surface area contributed by atoms with E-state index in [-0.39, 0.29) is 11.1 Å². The third-order valence-corrected chi connectivity index (χ3v) is 4.24. The molecule has 0 aliphatic carbocycles. The van der Waals surface area contributed by atoms with Crippen LogP contribution in [0.1, 0.15) is 32.7 Å². The van der Waals surface area contributed by atoms with Crippen LogP contribution in [-0.4, -0.2) is 15.5 Å². The quantitative estimate of drug-likeness (QED) is 0.786. The number of benzene rings is 1. The highest BCUT2D eigenvalue weighted by atomic mass is 16.2. The van der Waals surface area contributed by atoms with E-state index in [1.54, 1.807) is 22.9 Å². The molecular formula is C21H21N3O2. The van der Waals surface area contributed by atoms with E-state index in [0.717, 1.165) is 22.4 Å². The average molecular weight is 347 g/mol. The molecule has 0 bridgehead atoms. The summed E-state index contributed by atoms with van der Waals surface area (Å²) in [5.74, 6) is -0.0252. The monoisotopic (exact) mass is 347 g/mol. The first-order valence-corrected chi connectivity index (χ1v) is 8.44. The molecule has 0 spiro atoms. The van der Waals surface area contributed by atoms with Crippen molar-refractivity contribution < 1.29 is 4.79 Å². The van der Waals surface area contributed by atoms with E-state index < -0.39 is 5.91 Å². The number of hydrogen-bond acceptors (Lipinski definition) is 3. The van der Waals surface area contributed by atoms with Gasteiger partial charge in [0.25, 0.3) is 11.5 Å². The van der Waals surface area contributed by atoms with Crippen molar-refractivity contribution in [3.8, 4) is 0 Å². The highest BCUT2D eigenvalue weighted by molar-refractivity contribution is 6.03. The van der Waals surface area contributed by atoms with Crippen LogP contribution in [0.3, 0.4) is 0 Å². The summed E-state index contributed by atoms with van der Waals surface area (Å²) in [7, 11) is 0. The lowest BCUT2D eigenvalue weighted by molar-refractivity contribution is 0.102. The molecule has 2 heterocycles. The molecule has 132 valence electrons. The minimum Gasteiger partial charge on any atom is -0.310 e. The van der Waals surface area contributed by atoms with Crippen LogP contribution in [0.15, 0.2) is 59.5 Å². The van der Waals surface area contributed by atoms with E-state index in [4.69, 9.17) is 0 Å². The number of aryl methyl sites for hydroxylation is 3. The summed E-state index contributed by atoms with van der Waals surface area (Å²) >= 11 is 0. The minimum absolute atomic E-state index is 0.0983. The Morgan fingerprint density at radius 2 is 1.88 bits per heavy atom. The van der Waals surface area contributed by atoms with Gasteiger partial charge in [0.1, 0.15) is 11.4 Å². The van der Waals surface area contributed by atoms with Gasteiger partial charge in [-0.2, -0.15) is 0 Å². The van der Waals surface area contributed by atoms with Crippen molar-refractivity contribution in [1.82, 2.24) is 9.55 Å². The number of hydrogen-bond donors (Lipinski definition) is 1. The number of rotatable bonds is 4. The Kier molecular flexibility index (Phi) is 4.98. The third-order valence-electron chi connectivity index (χ3n) is 4.24. The van der Waals surface area contributed by atoms with Gasteiger partial charge in [-0.05, 0) is 56.2 Å². The summed E-state index contributed by atoms with van der Waals surface area (Å²) in [5.41, 5.74) is 3.88. The van der Waals surface area contributed by atoms with Gasteiger partial charge in [-0.15, -0.1) is 0 Å². The Morgan fingerprint density at radius 1 is 1.08 bits per heavy atom. The molecule has 0 unspecified atom stereocenters. The Bertz CT molecular complexity index is 1020. The Balaban J connectivity index is 1.88. The second kappa shape index (κ2) is 7.35. The zero-order chi connectivity index (χ0) is 18.7. The van der Waals surface area contributed by atoms with Gasteiger partial charge in [0, 0.05) is 11.9 Å². The molecule has 1 N–H and O–H groups in total. The lowest BCUT2D eigenvalue weighted by Crippen LogP contribution is -2.29. The van der Waals surface area contributed by atoms with Crippen molar-refractivity contribution in [2.75, 3.05) is 5.32 Å². The lowest BCUT2D eigenvalue weighted by Gasteiger charge is -2.11. The molecule has 5 nitrogen and oxygen atoms in total. The van der Waals surface area contributed by atoms with E-state index in [1.165, 1.54) is 6.07 Å². The van der Waals surface area contributed by atoms with Crippen LogP contribution < -0.4 is 10.9 Å². The van der Waals surface area contributed by atoms with Crippen LogP contribution in [0, 0.1) is 20.8 Å². The second-order valence-electron chi connectivity index (χ2n) is 6.40. The summed E-state index contributed by atoms with van der Waals surface area (Å²) < 4.78 is 1.56. The first-order valence-electron chi connectivity index (χ1n) is 8.44. The smallest absolute Gasteiger partial charge is 0.263 e. The number of anilines is 1. The molecule has 0 fully saturated rings. The van der Waals surface area contributed by atoms with Crippen LogP contribution in [0.4, 0.5) is 5.82 Å². The standard InChI is InChI=1S/C21H21N3O2/c1-14-9-10-15(2)17(12-14)13-24-11-5-7-18(21(24)26)20(25)23-19-8-4-6-16(3)22-19/h4-12H,13H2,1-3H3,(H,22,23,25). The van der Waals surface area contributed by atoms with Gasteiger partial charge in [-0.3, -0.25) is 9.59 Å². The van der Waals surface area contributed by atoms with E-state index in [1.807, 2.05) is 45.0 Å². The van der Waals surface area contributed by atoms with Crippen LogP contribution in [0.25, 0.3) is 0 Å². The van der Waals surface area contributed by atoms with Crippen molar-refractivity contribution in [2.45, 2.75) is 27.3 Å². The zero-order valence-corrected chi connectivity index (χ0v) is 15.1. The third kappa shape index (κ3) is 3.88. The highest BCUT2D eigenvalue weighted by Gasteiger charge is 2.13. The summed E-state index contributed by atoms with van der Waals surface area (Å²) in [5, 5.41) is 2.69. The Labute approximate surface area is 152 Å². The normalized spacial score (nSPS) is 10.6. The maximum atomic E-state index is 12.7. The number of nitrogens with one attached hydrogen (secondary N) is 1. The predicted octanol–water partition coefficient (Wildman–Crippen LogP) is 3.47. The number of aromatic nitrogens is 2. The fourth-order valence-electron chi connectivity index (χ4n) is 2.78. The lowest BCUT2D eigenvalue weighted by atomic mass is 10.1. The Morgan fingerprint density at radius 3 is 2.65 bits per heavy atom. The van der Waals surface area contributed by atoms with Crippen molar-refractivity contribution in [2.24, 2.45) is 0 Å². The van der Waals surface area contributed by atoms with Gasteiger partial charge < -0.3 is 9.88 Å². The molecule has 0 radical (unpaired) electrons. The molecule has 0 saturated heterocycles. The number of carbonyl (C=O) groups is 1. The van der Waals surface area contributed by atoms with Crippen molar-refractivity contribution >= 4 is 11.7 Å². The van der Waals surface area contributed by atoms with Gasteiger partial charge in [0.2, 0.25) is 0 Å². The molecule has 0 atom stereocenters.